The minimum absolute atomic E-state index is 0.182. The van der Waals surface area contributed by atoms with E-state index in [0.29, 0.717) is 17.5 Å². The molecular weight excluding hydrogens is 384 g/mol. The Balaban J connectivity index is 1.62. The third-order valence-corrected chi connectivity index (χ3v) is 8.10. The van der Waals surface area contributed by atoms with Crippen LogP contribution in [0.2, 0.25) is 0 Å². The van der Waals surface area contributed by atoms with Crippen molar-refractivity contribution in [3.8, 4) is 0 Å². The highest BCUT2D eigenvalue weighted by Gasteiger charge is 2.40. The third-order valence-electron chi connectivity index (χ3n) is 6.32. The molecule has 29 heavy (non-hydrogen) atoms. The summed E-state index contributed by atoms with van der Waals surface area (Å²) in [5, 5.41) is 3.12. The van der Waals surface area contributed by atoms with Gasteiger partial charge in [-0.05, 0) is 68.7 Å². The highest BCUT2D eigenvalue weighted by Crippen LogP contribution is 2.44. The highest BCUT2D eigenvalue weighted by molar-refractivity contribution is 7.92. The van der Waals surface area contributed by atoms with Crippen LogP contribution in [0.1, 0.15) is 36.8 Å². The number of carbonyl (C=O) groups is 1. The number of amides is 1. The van der Waals surface area contributed by atoms with E-state index in [2.05, 4.69) is 5.32 Å². The van der Waals surface area contributed by atoms with Crippen LogP contribution in [0.4, 0.5) is 5.69 Å². The van der Waals surface area contributed by atoms with Crippen molar-refractivity contribution in [2.24, 2.45) is 11.8 Å². The van der Waals surface area contributed by atoms with Gasteiger partial charge in [-0.3, -0.25) is 9.10 Å². The Bertz CT molecular complexity index is 1000. The molecule has 3 atom stereocenters. The standard InChI is InChI=1S/C23H28N2O3S/c1-16-8-11-22(17(2)12-16)25(29(27,28)20-6-4-3-5-7-20)15-23(26)24-21-14-18-9-10-19(21)13-18/h3-8,11-12,18-19,21H,9-10,13-15H2,1-2H3,(H,24,26)/t18-,19+,21-/m1/s1. The molecule has 2 aromatic carbocycles. The van der Waals surface area contributed by atoms with Gasteiger partial charge in [-0.1, -0.05) is 42.3 Å². The Morgan fingerprint density at radius 2 is 1.83 bits per heavy atom. The summed E-state index contributed by atoms with van der Waals surface area (Å²) in [5.41, 5.74) is 2.43. The van der Waals surface area contributed by atoms with Gasteiger partial charge in [0.2, 0.25) is 5.91 Å². The summed E-state index contributed by atoms with van der Waals surface area (Å²) in [7, 11) is -3.86. The van der Waals surface area contributed by atoms with E-state index in [1.165, 1.54) is 23.6 Å². The average Bonchev–Trinajstić information content (AvgIpc) is 3.30. The zero-order valence-electron chi connectivity index (χ0n) is 17.0. The van der Waals surface area contributed by atoms with Crippen molar-refractivity contribution in [1.82, 2.24) is 5.32 Å². The SMILES string of the molecule is Cc1ccc(N(CC(=O)N[C@@H]2C[C@@H]3CC[C@H]2C3)S(=O)(=O)c2ccccc2)c(C)c1. The number of nitrogens with zero attached hydrogens (tertiary/aromatic N) is 1. The van der Waals surface area contributed by atoms with Gasteiger partial charge < -0.3 is 5.32 Å². The van der Waals surface area contributed by atoms with Crippen LogP contribution in [0.5, 0.6) is 0 Å². The minimum atomic E-state index is -3.86. The lowest BCUT2D eigenvalue weighted by atomic mass is 9.95. The fourth-order valence-electron chi connectivity index (χ4n) is 4.91. The lowest BCUT2D eigenvalue weighted by Crippen LogP contribution is -2.46. The predicted octanol–water partition coefficient (Wildman–Crippen LogP) is 3.80. The van der Waals surface area contributed by atoms with Crippen LogP contribution < -0.4 is 9.62 Å². The van der Waals surface area contributed by atoms with E-state index >= 15 is 0 Å². The molecule has 2 fully saturated rings. The molecule has 2 aromatic rings. The van der Waals surface area contributed by atoms with Crippen molar-refractivity contribution in [2.45, 2.75) is 50.5 Å². The first-order chi connectivity index (χ1) is 13.8. The molecule has 0 aliphatic heterocycles. The largest absolute Gasteiger partial charge is 0.352 e. The lowest BCUT2D eigenvalue weighted by Gasteiger charge is -2.28. The molecule has 5 nitrogen and oxygen atoms in total. The molecule has 2 bridgehead atoms. The molecule has 2 saturated carbocycles. The summed E-state index contributed by atoms with van der Waals surface area (Å²) in [6.07, 6.45) is 4.63. The predicted molar refractivity (Wildman–Crippen MR) is 114 cm³/mol. The van der Waals surface area contributed by atoms with E-state index in [4.69, 9.17) is 0 Å². The fourth-order valence-corrected chi connectivity index (χ4v) is 6.42. The Morgan fingerprint density at radius 1 is 1.07 bits per heavy atom. The number of benzene rings is 2. The van der Waals surface area contributed by atoms with Crippen LogP contribution >= 0.6 is 0 Å². The molecule has 4 rings (SSSR count). The number of nitrogens with one attached hydrogen (secondary N) is 1. The molecule has 0 aromatic heterocycles. The van der Waals surface area contributed by atoms with Gasteiger partial charge in [-0.25, -0.2) is 8.42 Å². The number of carbonyl (C=O) groups excluding carboxylic acids is 1. The van der Waals surface area contributed by atoms with Gasteiger partial charge in [-0.2, -0.15) is 0 Å². The third kappa shape index (κ3) is 4.04. The highest BCUT2D eigenvalue weighted by atomic mass is 32.2. The molecule has 2 aliphatic carbocycles. The van der Waals surface area contributed by atoms with Gasteiger partial charge in [0.05, 0.1) is 10.6 Å². The molecule has 1 N–H and O–H groups in total. The molecule has 0 radical (unpaired) electrons. The Morgan fingerprint density at radius 3 is 2.45 bits per heavy atom. The number of fused-ring (bicyclic) bond motifs is 2. The van der Waals surface area contributed by atoms with Crippen LogP contribution in [0.3, 0.4) is 0 Å². The lowest BCUT2D eigenvalue weighted by molar-refractivity contribution is -0.120. The van der Waals surface area contributed by atoms with Crippen molar-refractivity contribution < 1.29 is 13.2 Å². The normalized spacial score (nSPS) is 23.2. The van der Waals surface area contributed by atoms with Gasteiger partial charge in [0.15, 0.2) is 0 Å². The quantitative estimate of drug-likeness (QED) is 0.785. The second-order valence-electron chi connectivity index (χ2n) is 8.46. The van der Waals surface area contributed by atoms with Crippen LogP contribution in [0, 0.1) is 25.7 Å². The van der Waals surface area contributed by atoms with Gasteiger partial charge in [0.25, 0.3) is 10.0 Å². The zero-order valence-corrected chi connectivity index (χ0v) is 17.8. The minimum Gasteiger partial charge on any atom is -0.352 e. The number of anilines is 1. The summed E-state index contributed by atoms with van der Waals surface area (Å²) in [6.45, 7) is 3.63. The second-order valence-corrected chi connectivity index (χ2v) is 10.3. The van der Waals surface area contributed by atoms with Crippen molar-refractivity contribution in [1.29, 1.82) is 0 Å². The van der Waals surface area contributed by atoms with Crippen LogP contribution in [0.15, 0.2) is 53.4 Å². The summed E-state index contributed by atoms with van der Waals surface area (Å²) >= 11 is 0. The maximum atomic E-state index is 13.4. The molecule has 154 valence electrons. The zero-order chi connectivity index (χ0) is 20.6. The Hall–Kier alpha value is -2.34. The second kappa shape index (κ2) is 7.82. The van der Waals surface area contributed by atoms with Crippen molar-refractivity contribution in [3.63, 3.8) is 0 Å². The average molecular weight is 413 g/mol. The first kappa shape index (κ1) is 20.0. The summed E-state index contributed by atoms with van der Waals surface area (Å²) < 4.78 is 28.1. The summed E-state index contributed by atoms with van der Waals surface area (Å²) in [5.74, 6) is 1.03. The number of rotatable bonds is 6. The Kier molecular flexibility index (Phi) is 5.38. The number of hydrogen-bond acceptors (Lipinski definition) is 3. The van der Waals surface area contributed by atoms with Crippen LogP contribution in [-0.4, -0.2) is 26.9 Å². The van der Waals surface area contributed by atoms with E-state index in [0.717, 1.165) is 17.5 Å². The summed E-state index contributed by atoms with van der Waals surface area (Å²) in [4.78, 5) is 13.1. The monoisotopic (exact) mass is 412 g/mol. The van der Waals surface area contributed by atoms with Crippen LogP contribution in [0.25, 0.3) is 0 Å². The number of sulfonamides is 1. The van der Waals surface area contributed by atoms with E-state index < -0.39 is 10.0 Å². The van der Waals surface area contributed by atoms with E-state index in [-0.39, 0.29) is 23.4 Å². The van der Waals surface area contributed by atoms with Crippen LogP contribution in [-0.2, 0) is 14.8 Å². The smallest absolute Gasteiger partial charge is 0.264 e. The Labute approximate surface area is 173 Å². The molecule has 2 aliphatic rings. The summed E-state index contributed by atoms with van der Waals surface area (Å²) in [6, 6.07) is 14.1. The molecule has 0 spiro atoms. The number of hydrogen-bond donors (Lipinski definition) is 1. The maximum Gasteiger partial charge on any atom is 0.264 e. The van der Waals surface area contributed by atoms with Gasteiger partial charge in [-0.15, -0.1) is 0 Å². The van der Waals surface area contributed by atoms with E-state index in [1.54, 1.807) is 36.4 Å². The van der Waals surface area contributed by atoms with Crippen molar-refractivity contribution in [3.05, 3.63) is 59.7 Å². The molecule has 1 amide bonds. The first-order valence-electron chi connectivity index (χ1n) is 10.3. The molecule has 0 heterocycles. The van der Waals surface area contributed by atoms with Crippen molar-refractivity contribution >= 4 is 21.6 Å². The maximum absolute atomic E-state index is 13.4. The van der Waals surface area contributed by atoms with Gasteiger partial charge >= 0.3 is 0 Å². The molecule has 0 saturated heterocycles. The topological polar surface area (TPSA) is 66.5 Å². The first-order valence-corrected chi connectivity index (χ1v) is 11.7. The van der Waals surface area contributed by atoms with Gasteiger partial charge in [0, 0.05) is 6.04 Å². The van der Waals surface area contributed by atoms with Gasteiger partial charge in [0.1, 0.15) is 6.54 Å². The van der Waals surface area contributed by atoms with E-state index in [9.17, 15) is 13.2 Å². The van der Waals surface area contributed by atoms with E-state index in [1.807, 2.05) is 26.0 Å². The fraction of sp³-hybridized carbons (Fsp3) is 0.435. The molecular formula is C23H28N2O3S. The van der Waals surface area contributed by atoms with Crippen molar-refractivity contribution in [2.75, 3.05) is 10.8 Å². The number of aryl methyl sites for hydroxylation is 2. The molecule has 0 unspecified atom stereocenters. The molecule has 6 heteroatoms.